The molecule has 1 radical (unpaired) electrons. The van der Waals surface area contributed by atoms with Crippen LogP contribution in [0.2, 0.25) is 0 Å². The quantitative estimate of drug-likeness (QED) is 0.685. The van der Waals surface area contributed by atoms with Crippen molar-refractivity contribution in [3.05, 3.63) is 48.3 Å². The van der Waals surface area contributed by atoms with E-state index in [1.807, 2.05) is 36.1 Å². The van der Waals surface area contributed by atoms with E-state index < -0.39 is 0 Å². The molecule has 1 aromatic heterocycles. The molecule has 1 aliphatic heterocycles. The van der Waals surface area contributed by atoms with Crippen LogP contribution in [0.1, 0.15) is 31.2 Å². The Bertz CT molecular complexity index is 876. The zero-order valence-corrected chi connectivity index (χ0v) is 15.0. The molecule has 0 unspecified atom stereocenters. The first-order chi connectivity index (χ1) is 12.2. The molecule has 4 rings (SSSR count). The number of hydrogen-bond acceptors (Lipinski definition) is 3. The summed E-state index contributed by atoms with van der Waals surface area (Å²) in [4.78, 5) is 6.84. The topological polar surface area (TPSA) is 30.3 Å². The van der Waals surface area contributed by atoms with Gasteiger partial charge >= 0.3 is 0 Å². The van der Waals surface area contributed by atoms with Crippen molar-refractivity contribution in [1.82, 2.24) is 9.55 Å². The minimum atomic E-state index is 0.822. The standard InChI is InChI=1S/C21H24N3O/c1-16-7-8-17(24-11-5-3-4-6-12-24)13-21(16)25-18-9-10-20-19(14-18)22-15-23(20)2/h7,9-10,13-15H,3-6,11-12H2,1-2H3. The third kappa shape index (κ3) is 3.34. The van der Waals surface area contributed by atoms with E-state index in [1.165, 1.54) is 25.7 Å². The Morgan fingerprint density at radius 3 is 2.68 bits per heavy atom. The maximum absolute atomic E-state index is 6.19. The van der Waals surface area contributed by atoms with Gasteiger partial charge in [-0.1, -0.05) is 12.8 Å². The number of hydrogen-bond donors (Lipinski definition) is 0. The second kappa shape index (κ2) is 6.79. The highest BCUT2D eigenvalue weighted by molar-refractivity contribution is 5.77. The van der Waals surface area contributed by atoms with Gasteiger partial charge in [-0.05, 0) is 43.5 Å². The summed E-state index contributed by atoms with van der Waals surface area (Å²) in [6.45, 7) is 4.29. The molecule has 2 heterocycles. The highest BCUT2D eigenvalue weighted by Gasteiger charge is 2.13. The van der Waals surface area contributed by atoms with Crippen LogP contribution in [0.3, 0.4) is 0 Å². The van der Waals surface area contributed by atoms with E-state index in [2.05, 4.69) is 35.0 Å². The summed E-state index contributed by atoms with van der Waals surface area (Å²) >= 11 is 0. The summed E-state index contributed by atoms with van der Waals surface area (Å²) < 4.78 is 8.21. The molecule has 0 spiro atoms. The fourth-order valence-corrected chi connectivity index (χ4v) is 3.44. The second-order valence-corrected chi connectivity index (χ2v) is 6.87. The van der Waals surface area contributed by atoms with Crippen LogP contribution in [0, 0.1) is 13.0 Å². The van der Waals surface area contributed by atoms with E-state index in [4.69, 9.17) is 4.74 Å². The average molecular weight is 334 g/mol. The van der Waals surface area contributed by atoms with Gasteiger partial charge < -0.3 is 14.2 Å². The zero-order valence-electron chi connectivity index (χ0n) is 15.0. The molecule has 25 heavy (non-hydrogen) atoms. The molecule has 0 atom stereocenters. The second-order valence-electron chi connectivity index (χ2n) is 6.87. The number of anilines is 1. The number of aryl methyl sites for hydroxylation is 2. The highest BCUT2D eigenvalue weighted by Crippen LogP contribution is 2.31. The summed E-state index contributed by atoms with van der Waals surface area (Å²) in [7, 11) is 2.00. The van der Waals surface area contributed by atoms with Crippen molar-refractivity contribution in [2.45, 2.75) is 32.6 Å². The lowest BCUT2D eigenvalue weighted by atomic mass is 10.2. The van der Waals surface area contributed by atoms with Gasteiger partial charge in [-0.15, -0.1) is 0 Å². The van der Waals surface area contributed by atoms with Gasteiger partial charge in [-0.25, -0.2) is 4.98 Å². The van der Waals surface area contributed by atoms with E-state index in [-0.39, 0.29) is 0 Å². The first kappa shape index (κ1) is 16.0. The summed E-state index contributed by atoms with van der Waals surface area (Å²) in [5.41, 5.74) is 4.30. The molecular weight excluding hydrogens is 310 g/mol. The van der Waals surface area contributed by atoms with E-state index in [0.29, 0.717) is 0 Å². The molecule has 3 aromatic rings. The Hall–Kier alpha value is -2.49. The fourth-order valence-electron chi connectivity index (χ4n) is 3.44. The third-order valence-corrected chi connectivity index (χ3v) is 4.96. The predicted molar refractivity (Wildman–Crippen MR) is 101 cm³/mol. The lowest BCUT2D eigenvalue weighted by molar-refractivity contribution is 0.479. The largest absolute Gasteiger partial charge is 0.457 e. The van der Waals surface area contributed by atoms with Crippen LogP contribution in [-0.4, -0.2) is 22.6 Å². The van der Waals surface area contributed by atoms with Gasteiger partial charge in [0, 0.05) is 44.0 Å². The molecule has 0 saturated carbocycles. The first-order valence-corrected chi connectivity index (χ1v) is 9.07. The first-order valence-electron chi connectivity index (χ1n) is 9.07. The molecule has 2 aromatic carbocycles. The maximum Gasteiger partial charge on any atom is 0.132 e. The Morgan fingerprint density at radius 2 is 1.88 bits per heavy atom. The van der Waals surface area contributed by atoms with Crippen LogP contribution in [0.4, 0.5) is 5.69 Å². The molecule has 0 bridgehead atoms. The van der Waals surface area contributed by atoms with E-state index in [1.54, 1.807) is 0 Å². The van der Waals surface area contributed by atoms with Crippen molar-refractivity contribution in [1.29, 1.82) is 0 Å². The lowest BCUT2D eigenvalue weighted by Crippen LogP contribution is -2.23. The molecule has 0 N–H and O–H groups in total. The van der Waals surface area contributed by atoms with Crippen LogP contribution in [0.5, 0.6) is 11.5 Å². The number of rotatable bonds is 3. The lowest BCUT2D eigenvalue weighted by Gasteiger charge is -2.23. The summed E-state index contributed by atoms with van der Waals surface area (Å²) in [6.07, 6.45) is 7.00. The fraction of sp³-hybridized carbons (Fsp3) is 0.381. The third-order valence-electron chi connectivity index (χ3n) is 4.96. The minimum absolute atomic E-state index is 0.822. The Balaban J connectivity index is 1.61. The molecule has 1 saturated heterocycles. The number of aromatic nitrogens is 2. The molecule has 1 aliphatic rings. The Kier molecular flexibility index (Phi) is 4.35. The normalized spacial score (nSPS) is 15.4. The Labute approximate surface area is 149 Å². The maximum atomic E-state index is 6.19. The number of nitrogens with zero attached hydrogens (tertiary/aromatic N) is 3. The van der Waals surface area contributed by atoms with E-state index in [9.17, 15) is 0 Å². The molecule has 4 heteroatoms. The zero-order chi connectivity index (χ0) is 17.2. The average Bonchev–Trinajstić information content (AvgIpc) is 2.83. The van der Waals surface area contributed by atoms with Crippen LogP contribution in [-0.2, 0) is 7.05 Å². The number of fused-ring (bicyclic) bond motifs is 1. The number of ether oxygens (including phenoxy) is 1. The van der Waals surface area contributed by atoms with Crippen molar-refractivity contribution < 1.29 is 4.74 Å². The van der Waals surface area contributed by atoms with Crippen LogP contribution >= 0.6 is 0 Å². The summed E-state index contributed by atoms with van der Waals surface area (Å²) in [5.74, 6) is 1.72. The van der Waals surface area contributed by atoms with E-state index in [0.717, 1.165) is 46.9 Å². The van der Waals surface area contributed by atoms with Gasteiger partial charge in [-0.3, -0.25) is 0 Å². The van der Waals surface area contributed by atoms with Crippen molar-refractivity contribution >= 4 is 16.7 Å². The van der Waals surface area contributed by atoms with E-state index >= 15 is 0 Å². The van der Waals surface area contributed by atoms with Gasteiger partial charge in [0.15, 0.2) is 0 Å². The van der Waals surface area contributed by atoms with Crippen molar-refractivity contribution in [2.75, 3.05) is 18.0 Å². The molecule has 1 fully saturated rings. The van der Waals surface area contributed by atoms with Gasteiger partial charge in [-0.2, -0.15) is 0 Å². The van der Waals surface area contributed by atoms with Crippen LogP contribution in [0.25, 0.3) is 11.0 Å². The summed E-state index contributed by atoms with van der Waals surface area (Å²) in [6, 6.07) is 13.6. The Morgan fingerprint density at radius 1 is 1.08 bits per heavy atom. The van der Waals surface area contributed by atoms with Crippen LogP contribution < -0.4 is 9.64 Å². The monoisotopic (exact) mass is 334 g/mol. The number of benzene rings is 2. The van der Waals surface area contributed by atoms with Gasteiger partial charge in [0.2, 0.25) is 0 Å². The predicted octanol–water partition coefficient (Wildman–Crippen LogP) is 4.85. The SMILES string of the molecule is Cc1c[c]c(N2CCCCCC2)cc1Oc1ccc2c(c1)ncn2C. The molecular formula is C21H24N3O. The van der Waals surface area contributed by atoms with Crippen molar-refractivity contribution in [2.24, 2.45) is 7.05 Å². The molecule has 0 amide bonds. The molecule has 129 valence electrons. The molecule has 0 aliphatic carbocycles. The van der Waals surface area contributed by atoms with Gasteiger partial charge in [0.25, 0.3) is 0 Å². The van der Waals surface area contributed by atoms with Crippen molar-refractivity contribution in [3.63, 3.8) is 0 Å². The highest BCUT2D eigenvalue weighted by atomic mass is 16.5. The van der Waals surface area contributed by atoms with Crippen LogP contribution in [0.15, 0.2) is 36.7 Å². The minimum Gasteiger partial charge on any atom is -0.457 e. The van der Waals surface area contributed by atoms with Gasteiger partial charge in [0.05, 0.1) is 17.4 Å². The van der Waals surface area contributed by atoms with Crippen molar-refractivity contribution in [3.8, 4) is 11.5 Å². The number of imidazole rings is 1. The smallest absolute Gasteiger partial charge is 0.132 e. The summed E-state index contributed by atoms with van der Waals surface area (Å²) in [5, 5.41) is 0. The van der Waals surface area contributed by atoms with Gasteiger partial charge in [0.1, 0.15) is 11.5 Å². The molecule has 4 nitrogen and oxygen atoms in total.